The van der Waals surface area contributed by atoms with Crippen LogP contribution in [0.2, 0.25) is 0 Å². The van der Waals surface area contributed by atoms with Gasteiger partial charge in [-0.2, -0.15) is 4.99 Å². The fourth-order valence-electron chi connectivity index (χ4n) is 3.20. The molecule has 3 rings (SSSR count). The van der Waals surface area contributed by atoms with Gasteiger partial charge in [0, 0.05) is 32.2 Å². The van der Waals surface area contributed by atoms with E-state index in [9.17, 15) is 13.2 Å². The van der Waals surface area contributed by atoms with E-state index in [1.165, 1.54) is 11.3 Å². The Labute approximate surface area is 191 Å². The number of carbonyl (C=O) groups is 1. The molecule has 0 atom stereocenters. The first-order valence-corrected chi connectivity index (χ1v) is 12.5. The normalized spacial score (nSPS) is 12.3. The van der Waals surface area contributed by atoms with Gasteiger partial charge in [0.2, 0.25) is 5.91 Å². The minimum atomic E-state index is -3.43. The molecule has 8 nitrogen and oxygen atoms in total. The van der Waals surface area contributed by atoms with Gasteiger partial charge >= 0.3 is 0 Å². The van der Waals surface area contributed by atoms with Gasteiger partial charge in [0.05, 0.1) is 41.7 Å². The van der Waals surface area contributed by atoms with Crippen LogP contribution >= 0.6 is 11.3 Å². The quantitative estimate of drug-likeness (QED) is 0.444. The SMILES string of the molecule is COCCn1c(=NC(=O)CCCS(=O)(=O)c2ccccc2)sc2cc(OC)c(OC)cc21. The molecule has 172 valence electrons. The van der Waals surface area contributed by atoms with Gasteiger partial charge in [-0.1, -0.05) is 29.5 Å². The van der Waals surface area contributed by atoms with Crippen LogP contribution in [-0.2, 0) is 25.9 Å². The van der Waals surface area contributed by atoms with E-state index in [0.717, 1.165) is 10.2 Å². The van der Waals surface area contributed by atoms with Gasteiger partial charge in [0.25, 0.3) is 0 Å². The minimum absolute atomic E-state index is 0.0389. The average molecular weight is 479 g/mol. The summed E-state index contributed by atoms with van der Waals surface area (Å²) in [4.78, 5) is 17.6. The summed E-state index contributed by atoms with van der Waals surface area (Å²) >= 11 is 1.35. The lowest BCUT2D eigenvalue weighted by molar-refractivity contribution is -0.118. The number of aromatic nitrogens is 1. The number of sulfone groups is 1. The Bertz CT molecular complexity index is 1250. The first kappa shape index (κ1) is 24.0. The monoisotopic (exact) mass is 478 g/mol. The standard InChI is InChI=1S/C22H26N2O6S2/c1-28-12-11-24-17-14-18(29-2)19(30-3)15-20(17)31-22(24)23-21(25)10-7-13-32(26,27)16-8-5-4-6-9-16/h4-6,8-9,14-15H,7,10-13H2,1-3H3. The molecule has 0 saturated heterocycles. The fourth-order valence-corrected chi connectivity index (χ4v) is 5.62. The molecule has 0 aliphatic carbocycles. The highest BCUT2D eigenvalue weighted by molar-refractivity contribution is 7.91. The topological polar surface area (TPSA) is 96.2 Å². The highest BCUT2D eigenvalue weighted by Crippen LogP contribution is 2.33. The van der Waals surface area contributed by atoms with Crippen LogP contribution in [-0.4, -0.2) is 52.6 Å². The summed E-state index contributed by atoms with van der Waals surface area (Å²) in [6, 6.07) is 11.9. The summed E-state index contributed by atoms with van der Waals surface area (Å²) in [5.41, 5.74) is 0.850. The third-order valence-corrected chi connectivity index (χ3v) is 7.69. The van der Waals surface area contributed by atoms with Gasteiger partial charge in [-0.25, -0.2) is 8.42 Å². The van der Waals surface area contributed by atoms with E-state index in [2.05, 4.69) is 4.99 Å². The number of nitrogens with zero attached hydrogens (tertiary/aromatic N) is 2. The van der Waals surface area contributed by atoms with Crippen LogP contribution in [0.5, 0.6) is 11.5 Å². The van der Waals surface area contributed by atoms with Gasteiger partial charge in [-0.15, -0.1) is 0 Å². The maximum Gasteiger partial charge on any atom is 0.248 e. The number of hydrogen-bond acceptors (Lipinski definition) is 7. The Kier molecular flexibility index (Phi) is 8.05. The fraction of sp³-hybridized carbons (Fsp3) is 0.364. The van der Waals surface area contributed by atoms with E-state index in [1.807, 2.05) is 16.7 Å². The van der Waals surface area contributed by atoms with Crippen LogP contribution in [0.1, 0.15) is 12.8 Å². The van der Waals surface area contributed by atoms with Gasteiger partial charge in [0.15, 0.2) is 26.1 Å². The number of rotatable bonds is 10. The molecule has 2 aromatic carbocycles. The lowest BCUT2D eigenvalue weighted by atomic mass is 10.3. The highest BCUT2D eigenvalue weighted by Gasteiger charge is 2.16. The molecule has 3 aromatic rings. The third-order valence-electron chi connectivity index (χ3n) is 4.83. The molecule has 0 spiro atoms. The van der Waals surface area contributed by atoms with Crippen molar-refractivity contribution in [3.63, 3.8) is 0 Å². The summed E-state index contributed by atoms with van der Waals surface area (Å²) in [5.74, 6) is 0.685. The van der Waals surface area contributed by atoms with E-state index in [-0.39, 0.29) is 29.4 Å². The summed E-state index contributed by atoms with van der Waals surface area (Å²) in [7, 11) is 1.31. The molecule has 1 amide bonds. The Morgan fingerprint density at radius 2 is 1.75 bits per heavy atom. The van der Waals surface area contributed by atoms with Crippen LogP contribution in [0.25, 0.3) is 10.2 Å². The molecular formula is C22H26N2O6S2. The molecule has 0 N–H and O–H groups in total. The molecule has 1 aromatic heterocycles. The van der Waals surface area contributed by atoms with Crippen molar-refractivity contribution in [2.24, 2.45) is 4.99 Å². The van der Waals surface area contributed by atoms with E-state index < -0.39 is 9.84 Å². The van der Waals surface area contributed by atoms with Gasteiger partial charge in [-0.05, 0) is 18.6 Å². The molecule has 0 bridgehead atoms. The van der Waals surface area contributed by atoms with Crippen LogP contribution < -0.4 is 14.3 Å². The number of ether oxygens (including phenoxy) is 3. The van der Waals surface area contributed by atoms with Crippen molar-refractivity contribution in [3.8, 4) is 11.5 Å². The number of methoxy groups -OCH3 is 3. The van der Waals surface area contributed by atoms with Crippen molar-refractivity contribution in [2.45, 2.75) is 24.3 Å². The van der Waals surface area contributed by atoms with E-state index in [0.29, 0.717) is 29.5 Å². The molecule has 0 unspecified atom stereocenters. The zero-order valence-electron chi connectivity index (χ0n) is 18.2. The van der Waals surface area contributed by atoms with Crippen LogP contribution in [0.3, 0.4) is 0 Å². The second-order valence-electron chi connectivity index (χ2n) is 6.95. The van der Waals surface area contributed by atoms with Crippen LogP contribution in [0.15, 0.2) is 52.4 Å². The molecule has 0 fully saturated rings. The molecule has 0 radical (unpaired) electrons. The molecule has 10 heteroatoms. The number of benzene rings is 2. The van der Waals surface area contributed by atoms with Crippen LogP contribution in [0.4, 0.5) is 0 Å². The Balaban J connectivity index is 1.83. The van der Waals surface area contributed by atoms with Crippen molar-refractivity contribution in [1.82, 2.24) is 4.57 Å². The number of fused-ring (bicyclic) bond motifs is 1. The summed E-state index contributed by atoms with van der Waals surface area (Å²) in [6.07, 6.45) is 0.238. The molecule has 0 aliphatic rings. The Morgan fingerprint density at radius 1 is 1.06 bits per heavy atom. The zero-order chi connectivity index (χ0) is 23.1. The van der Waals surface area contributed by atoms with Crippen molar-refractivity contribution in [3.05, 3.63) is 47.3 Å². The Hall–Kier alpha value is -2.69. The summed E-state index contributed by atoms with van der Waals surface area (Å²) in [5, 5.41) is 0. The molecule has 0 saturated carbocycles. The maximum atomic E-state index is 12.5. The van der Waals surface area contributed by atoms with Gasteiger partial charge in [-0.3, -0.25) is 4.79 Å². The lowest BCUT2D eigenvalue weighted by Crippen LogP contribution is -2.19. The van der Waals surface area contributed by atoms with Gasteiger partial charge < -0.3 is 18.8 Å². The predicted molar refractivity (Wildman–Crippen MR) is 123 cm³/mol. The number of thiazole rings is 1. The lowest BCUT2D eigenvalue weighted by Gasteiger charge is -2.09. The molecule has 32 heavy (non-hydrogen) atoms. The number of amides is 1. The van der Waals surface area contributed by atoms with Crippen molar-refractivity contribution in [2.75, 3.05) is 33.7 Å². The predicted octanol–water partition coefficient (Wildman–Crippen LogP) is 3.05. The second kappa shape index (κ2) is 10.8. The first-order valence-electron chi connectivity index (χ1n) is 9.99. The average Bonchev–Trinajstić information content (AvgIpc) is 3.12. The third kappa shape index (κ3) is 5.56. The molecular weight excluding hydrogens is 452 g/mol. The zero-order valence-corrected chi connectivity index (χ0v) is 19.9. The molecule has 1 heterocycles. The van der Waals surface area contributed by atoms with Crippen molar-refractivity contribution < 1.29 is 27.4 Å². The maximum absolute atomic E-state index is 12.5. The first-order chi connectivity index (χ1) is 15.4. The largest absolute Gasteiger partial charge is 0.493 e. The van der Waals surface area contributed by atoms with E-state index >= 15 is 0 Å². The van der Waals surface area contributed by atoms with Crippen molar-refractivity contribution in [1.29, 1.82) is 0 Å². The minimum Gasteiger partial charge on any atom is -0.493 e. The van der Waals surface area contributed by atoms with E-state index in [4.69, 9.17) is 14.2 Å². The van der Waals surface area contributed by atoms with Crippen LogP contribution in [0, 0.1) is 0 Å². The van der Waals surface area contributed by atoms with Gasteiger partial charge in [0.1, 0.15) is 0 Å². The Morgan fingerprint density at radius 3 is 2.41 bits per heavy atom. The van der Waals surface area contributed by atoms with E-state index in [1.54, 1.807) is 51.7 Å². The summed E-state index contributed by atoms with van der Waals surface area (Å²) in [6.45, 7) is 0.942. The highest BCUT2D eigenvalue weighted by atomic mass is 32.2. The number of hydrogen-bond donors (Lipinski definition) is 0. The van der Waals surface area contributed by atoms with Crippen molar-refractivity contribution >= 4 is 37.3 Å². The smallest absolute Gasteiger partial charge is 0.248 e. The molecule has 0 aliphatic heterocycles. The number of carbonyl (C=O) groups excluding carboxylic acids is 1. The summed E-state index contributed by atoms with van der Waals surface area (Å²) < 4.78 is 43.6. The second-order valence-corrected chi connectivity index (χ2v) is 10.1.